The number of primary amides is 1. The SMILES string of the molecule is CCC1C=C(C(C)C(C)C(C)CC)C(C(N)=O)=CN=C1N. The van der Waals surface area contributed by atoms with E-state index >= 15 is 0 Å². The topological polar surface area (TPSA) is 81.5 Å². The molecule has 0 spiro atoms. The highest BCUT2D eigenvalue weighted by Gasteiger charge is 2.27. The van der Waals surface area contributed by atoms with Crippen LogP contribution in [-0.4, -0.2) is 11.7 Å². The first-order valence-corrected chi connectivity index (χ1v) is 7.88. The number of amides is 1. The van der Waals surface area contributed by atoms with Crippen LogP contribution in [0.15, 0.2) is 28.4 Å². The summed E-state index contributed by atoms with van der Waals surface area (Å²) in [6, 6.07) is 0. The van der Waals surface area contributed by atoms with Gasteiger partial charge in [0.15, 0.2) is 0 Å². The van der Waals surface area contributed by atoms with Gasteiger partial charge in [-0.2, -0.15) is 0 Å². The Morgan fingerprint density at radius 1 is 1.33 bits per heavy atom. The normalized spacial score (nSPS) is 23.3. The smallest absolute Gasteiger partial charge is 0.250 e. The van der Waals surface area contributed by atoms with Gasteiger partial charge < -0.3 is 11.5 Å². The molecule has 4 heteroatoms. The Morgan fingerprint density at radius 2 is 1.95 bits per heavy atom. The van der Waals surface area contributed by atoms with E-state index in [0.29, 0.717) is 23.2 Å². The Bertz CT molecular complexity index is 476. The first kappa shape index (κ1) is 17.5. The van der Waals surface area contributed by atoms with Crippen molar-refractivity contribution < 1.29 is 4.79 Å². The second kappa shape index (κ2) is 7.43. The van der Waals surface area contributed by atoms with E-state index in [-0.39, 0.29) is 11.8 Å². The molecule has 118 valence electrons. The van der Waals surface area contributed by atoms with Crippen LogP contribution in [-0.2, 0) is 4.79 Å². The Kier molecular flexibility index (Phi) is 6.19. The van der Waals surface area contributed by atoms with Crippen LogP contribution in [0.3, 0.4) is 0 Å². The Hall–Kier alpha value is -1.58. The lowest BCUT2D eigenvalue weighted by Gasteiger charge is -2.28. The summed E-state index contributed by atoms with van der Waals surface area (Å²) in [5, 5.41) is 0. The summed E-state index contributed by atoms with van der Waals surface area (Å²) in [7, 11) is 0. The molecule has 4 N–H and O–H groups in total. The summed E-state index contributed by atoms with van der Waals surface area (Å²) in [5.74, 6) is 1.47. The highest BCUT2D eigenvalue weighted by molar-refractivity contribution is 5.98. The molecule has 1 rings (SSSR count). The molecule has 0 radical (unpaired) electrons. The van der Waals surface area contributed by atoms with Gasteiger partial charge in [-0.3, -0.25) is 4.79 Å². The first-order valence-electron chi connectivity index (χ1n) is 7.88. The molecule has 1 amide bonds. The molecule has 1 aliphatic rings. The molecule has 0 bridgehead atoms. The van der Waals surface area contributed by atoms with Crippen LogP contribution in [0.1, 0.15) is 47.5 Å². The van der Waals surface area contributed by atoms with E-state index < -0.39 is 5.91 Å². The van der Waals surface area contributed by atoms with Gasteiger partial charge >= 0.3 is 0 Å². The Morgan fingerprint density at radius 3 is 2.43 bits per heavy atom. The van der Waals surface area contributed by atoms with Crippen LogP contribution in [0.2, 0.25) is 0 Å². The molecular formula is C17H29N3O. The Labute approximate surface area is 128 Å². The summed E-state index contributed by atoms with van der Waals surface area (Å²) >= 11 is 0. The summed E-state index contributed by atoms with van der Waals surface area (Å²) in [6.07, 6.45) is 5.61. The molecule has 0 aromatic rings. The summed E-state index contributed by atoms with van der Waals surface area (Å²) in [4.78, 5) is 16.0. The maximum Gasteiger partial charge on any atom is 0.250 e. The maximum absolute atomic E-state index is 11.8. The van der Waals surface area contributed by atoms with E-state index in [4.69, 9.17) is 11.5 Å². The number of rotatable bonds is 6. The number of aliphatic imine (C=N–C) groups is 1. The fourth-order valence-electron chi connectivity index (χ4n) is 2.78. The predicted molar refractivity (Wildman–Crippen MR) is 88.5 cm³/mol. The van der Waals surface area contributed by atoms with E-state index in [1.807, 2.05) is 0 Å². The highest BCUT2D eigenvalue weighted by Crippen LogP contribution is 2.34. The number of carbonyl (C=O) groups excluding carboxylic acids is 1. The molecular weight excluding hydrogens is 262 g/mol. The third-order valence-corrected chi connectivity index (χ3v) is 4.94. The van der Waals surface area contributed by atoms with Crippen LogP contribution in [0.4, 0.5) is 0 Å². The molecule has 4 atom stereocenters. The summed E-state index contributed by atoms with van der Waals surface area (Å²) < 4.78 is 0. The summed E-state index contributed by atoms with van der Waals surface area (Å²) in [6.45, 7) is 10.9. The van der Waals surface area contributed by atoms with E-state index in [1.165, 1.54) is 0 Å². The lowest BCUT2D eigenvalue weighted by molar-refractivity contribution is -0.114. The van der Waals surface area contributed by atoms with Crippen LogP contribution < -0.4 is 11.5 Å². The zero-order valence-corrected chi connectivity index (χ0v) is 13.9. The average Bonchev–Trinajstić information content (AvgIpc) is 2.63. The van der Waals surface area contributed by atoms with Crippen LogP contribution in [0.25, 0.3) is 0 Å². The summed E-state index contributed by atoms with van der Waals surface area (Å²) in [5.41, 5.74) is 13.0. The van der Waals surface area contributed by atoms with E-state index in [0.717, 1.165) is 18.4 Å². The molecule has 0 aromatic heterocycles. The van der Waals surface area contributed by atoms with Gasteiger partial charge in [0.2, 0.25) is 0 Å². The van der Waals surface area contributed by atoms with Crippen LogP contribution >= 0.6 is 0 Å². The van der Waals surface area contributed by atoms with Crippen molar-refractivity contribution in [2.75, 3.05) is 0 Å². The largest absolute Gasteiger partial charge is 0.387 e. The van der Waals surface area contributed by atoms with Gasteiger partial charge in [0.05, 0.1) is 5.57 Å². The van der Waals surface area contributed by atoms with Gasteiger partial charge in [0.1, 0.15) is 5.84 Å². The van der Waals surface area contributed by atoms with Gasteiger partial charge in [-0.25, -0.2) is 4.99 Å². The number of amidine groups is 1. The number of carbonyl (C=O) groups is 1. The second-order valence-electron chi connectivity index (χ2n) is 6.13. The Balaban J connectivity index is 3.23. The first-order chi connectivity index (χ1) is 9.83. The second-order valence-corrected chi connectivity index (χ2v) is 6.13. The molecule has 4 unspecified atom stereocenters. The molecule has 1 aliphatic heterocycles. The van der Waals surface area contributed by atoms with Crippen molar-refractivity contribution in [1.29, 1.82) is 0 Å². The molecule has 4 nitrogen and oxygen atoms in total. The quantitative estimate of drug-likeness (QED) is 0.788. The van der Waals surface area contributed by atoms with E-state index in [9.17, 15) is 4.79 Å². The lowest BCUT2D eigenvalue weighted by Crippen LogP contribution is -2.25. The van der Waals surface area contributed by atoms with Crippen molar-refractivity contribution >= 4 is 11.7 Å². The average molecular weight is 291 g/mol. The highest BCUT2D eigenvalue weighted by atomic mass is 16.1. The minimum absolute atomic E-state index is 0.0692. The molecule has 21 heavy (non-hydrogen) atoms. The molecule has 0 fully saturated rings. The van der Waals surface area contributed by atoms with Crippen molar-refractivity contribution in [2.24, 2.45) is 40.1 Å². The van der Waals surface area contributed by atoms with Crippen molar-refractivity contribution in [3.63, 3.8) is 0 Å². The van der Waals surface area contributed by atoms with E-state index in [2.05, 4.69) is 45.7 Å². The van der Waals surface area contributed by atoms with Crippen molar-refractivity contribution in [3.8, 4) is 0 Å². The molecule has 0 aliphatic carbocycles. The fraction of sp³-hybridized carbons (Fsp3) is 0.647. The predicted octanol–water partition coefficient (Wildman–Crippen LogP) is 3.00. The number of nitrogens with zero attached hydrogens (tertiary/aromatic N) is 1. The van der Waals surface area contributed by atoms with Crippen LogP contribution in [0, 0.1) is 23.7 Å². The monoisotopic (exact) mass is 291 g/mol. The third-order valence-electron chi connectivity index (χ3n) is 4.94. The van der Waals surface area contributed by atoms with Gasteiger partial charge in [0, 0.05) is 12.1 Å². The molecule has 1 heterocycles. The minimum atomic E-state index is -0.433. The zero-order valence-electron chi connectivity index (χ0n) is 13.9. The van der Waals surface area contributed by atoms with Crippen molar-refractivity contribution in [3.05, 3.63) is 23.4 Å². The third kappa shape index (κ3) is 3.96. The van der Waals surface area contributed by atoms with E-state index in [1.54, 1.807) is 6.20 Å². The maximum atomic E-state index is 11.8. The lowest BCUT2D eigenvalue weighted by atomic mass is 9.76. The zero-order chi connectivity index (χ0) is 16.2. The van der Waals surface area contributed by atoms with Gasteiger partial charge in [-0.15, -0.1) is 0 Å². The van der Waals surface area contributed by atoms with Crippen LogP contribution in [0.5, 0.6) is 0 Å². The molecule has 0 aromatic carbocycles. The number of hydrogen-bond donors (Lipinski definition) is 2. The molecule has 0 saturated heterocycles. The van der Waals surface area contributed by atoms with Crippen molar-refractivity contribution in [2.45, 2.75) is 47.5 Å². The standard InChI is InChI=1S/C17H29N3O/c1-6-10(3)11(4)12(5)14-8-13(7-2)16(18)20-9-15(14)17(19)21/h8-13H,6-7H2,1-5H3,(H2,18,20)(H2,19,21). The van der Waals surface area contributed by atoms with Crippen molar-refractivity contribution in [1.82, 2.24) is 0 Å². The minimum Gasteiger partial charge on any atom is -0.387 e. The number of hydrogen-bond acceptors (Lipinski definition) is 3. The van der Waals surface area contributed by atoms with Gasteiger partial charge in [0.25, 0.3) is 5.91 Å². The molecule has 0 saturated carbocycles. The van der Waals surface area contributed by atoms with Gasteiger partial charge in [-0.1, -0.05) is 47.1 Å². The number of nitrogens with two attached hydrogens (primary N) is 2. The fourth-order valence-corrected chi connectivity index (χ4v) is 2.78. The van der Waals surface area contributed by atoms with Gasteiger partial charge in [-0.05, 0) is 29.7 Å².